The van der Waals surface area contributed by atoms with Gasteiger partial charge in [-0.15, -0.1) is 11.3 Å². The molecule has 0 atom stereocenters. The molecule has 0 amide bonds. The molecule has 0 N–H and O–H groups in total. The van der Waals surface area contributed by atoms with Crippen LogP contribution in [-0.4, -0.2) is 14.5 Å². The molecule has 3 nitrogen and oxygen atoms in total. The van der Waals surface area contributed by atoms with Gasteiger partial charge in [0.25, 0.3) is 0 Å². The van der Waals surface area contributed by atoms with Crippen LogP contribution in [0, 0.1) is 0 Å². The standard InChI is InChI=1S/C34H21N3S/c1-3-11-22(12-4-1)28-20-33(36-34(35-28)23-13-5-2-6-14-23)37-29-17-9-7-15-24(29)26-19-27-25-16-8-10-18-31(25)38-32(27)21-30(26)37/h1-21H. The smallest absolute Gasteiger partial charge is 0.162 e. The van der Waals surface area contributed by atoms with Crippen molar-refractivity contribution in [3.8, 4) is 28.5 Å². The lowest BCUT2D eigenvalue weighted by Crippen LogP contribution is -2.02. The molecule has 0 aliphatic heterocycles. The fourth-order valence-electron chi connectivity index (χ4n) is 5.46. The third kappa shape index (κ3) is 3.28. The van der Waals surface area contributed by atoms with Crippen LogP contribution in [0.25, 0.3) is 70.4 Å². The van der Waals surface area contributed by atoms with E-state index in [1.807, 2.05) is 35.6 Å². The lowest BCUT2D eigenvalue weighted by atomic mass is 10.1. The molecule has 0 radical (unpaired) electrons. The molecule has 0 spiro atoms. The van der Waals surface area contributed by atoms with E-state index >= 15 is 0 Å². The Morgan fingerprint density at radius 1 is 0.474 bits per heavy atom. The number of para-hydroxylation sites is 1. The SMILES string of the molecule is c1ccc(-c2cc(-n3c4ccccc4c4cc5c(cc43)sc3ccccc35)nc(-c3ccccc3)n2)cc1. The van der Waals surface area contributed by atoms with E-state index in [4.69, 9.17) is 9.97 Å². The van der Waals surface area contributed by atoms with E-state index in [1.54, 1.807) is 0 Å². The predicted octanol–water partition coefficient (Wildman–Crippen LogP) is 9.28. The van der Waals surface area contributed by atoms with Crippen molar-refractivity contribution in [2.75, 3.05) is 0 Å². The minimum absolute atomic E-state index is 0.718. The van der Waals surface area contributed by atoms with Gasteiger partial charge in [-0.3, -0.25) is 4.57 Å². The summed E-state index contributed by atoms with van der Waals surface area (Å²) < 4.78 is 4.89. The number of hydrogen-bond donors (Lipinski definition) is 0. The third-order valence-electron chi connectivity index (χ3n) is 7.21. The van der Waals surface area contributed by atoms with Crippen molar-refractivity contribution >= 4 is 53.3 Å². The maximum Gasteiger partial charge on any atom is 0.162 e. The summed E-state index contributed by atoms with van der Waals surface area (Å²) in [6.45, 7) is 0. The molecule has 8 aromatic rings. The van der Waals surface area contributed by atoms with Crippen molar-refractivity contribution in [1.82, 2.24) is 14.5 Å². The van der Waals surface area contributed by atoms with E-state index in [0.717, 1.165) is 39.5 Å². The summed E-state index contributed by atoms with van der Waals surface area (Å²) in [5.41, 5.74) is 5.27. The topological polar surface area (TPSA) is 30.7 Å². The first-order chi connectivity index (χ1) is 18.8. The number of thiophene rings is 1. The van der Waals surface area contributed by atoms with E-state index in [9.17, 15) is 0 Å². The molecule has 4 heteroatoms. The molecule has 0 aliphatic rings. The maximum atomic E-state index is 5.15. The molecule has 0 unspecified atom stereocenters. The normalized spacial score (nSPS) is 11.7. The van der Waals surface area contributed by atoms with Gasteiger partial charge in [0.1, 0.15) is 5.82 Å². The summed E-state index contributed by atoms with van der Waals surface area (Å²) in [7, 11) is 0. The second-order valence-electron chi connectivity index (χ2n) is 9.48. The summed E-state index contributed by atoms with van der Waals surface area (Å²) >= 11 is 1.84. The highest BCUT2D eigenvalue weighted by molar-refractivity contribution is 7.25. The largest absolute Gasteiger partial charge is 0.294 e. The molecule has 0 bridgehead atoms. The van der Waals surface area contributed by atoms with Gasteiger partial charge in [-0.2, -0.15) is 0 Å². The number of fused-ring (bicyclic) bond motifs is 6. The average molecular weight is 504 g/mol. The van der Waals surface area contributed by atoms with Crippen LogP contribution in [0.2, 0.25) is 0 Å². The number of nitrogens with zero attached hydrogens (tertiary/aromatic N) is 3. The third-order valence-corrected chi connectivity index (χ3v) is 8.35. The molecule has 0 fully saturated rings. The highest BCUT2D eigenvalue weighted by atomic mass is 32.1. The van der Waals surface area contributed by atoms with Gasteiger partial charge in [0.05, 0.1) is 16.7 Å². The Balaban J connectivity index is 1.48. The summed E-state index contributed by atoms with van der Waals surface area (Å²) in [4.78, 5) is 10.2. The van der Waals surface area contributed by atoms with E-state index in [1.165, 1.54) is 30.9 Å². The first kappa shape index (κ1) is 21.3. The monoisotopic (exact) mass is 503 g/mol. The van der Waals surface area contributed by atoms with Crippen LogP contribution >= 0.6 is 11.3 Å². The zero-order chi connectivity index (χ0) is 25.1. The summed E-state index contributed by atoms with van der Waals surface area (Å²) in [5, 5.41) is 5.07. The molecular weight excluding hydrogens is 482 g/mol. The Labute approximate surface area is 223 Å². The molecule has 3 heterocycles. The van der Waals surface area contributed by atoms with Crippen molar-refractivity contribution in [2.24, 2.45) is 0 Å². The van der Waals surface area contributed by atoms with Crippen LogP contribution < -0.4 is 0 Å². The Hall–Kier alpha value is -4.80. The fraction of sp³-hybridized carbons (Fsp3) is 0. The van der Waals surface area contributed by atoms with Gasteiger partial charge in [0, 0.05) is 48.1 Å². The van der Waals surface area contributed by atoms with Gasteiger partial charge in [0.2, 0.25) is 0 Å². The molecule has 38 heavy (non-hydrogen) atoms. The molecule has 178 valence electrons. The highest BCUT2D eigenvalue weighted by Gasteiger charge is 2.18. The molecule has 0 saturated heterocycles. The zero-order valence-corrected chi connectivity index (χ0v) is 21.2. The second kappa shape index (κ2) is 8.37. The van der Waals surface area contributed by atoms with Crippen LogP contribution in [0.1, 0.15) is 0 Å². The van der Waals surface area contributed by atoms with Crippen molar-refractivity contribution in [1.29, 1.82) is 0 Å². The lowest BCUT2D eigenvalue weighted by Gasteiger charge is -2.12. The van der Waals surface area contributed by atoms with Gasteiger partial charge in [-0.05, 0) is 24.3 Å². The van der Waals surface area contributed by atoms with E-state index in [2.05, 4.69) is 108 Å². The first-order valence-electron chi connectivity index (χ1n) is 12.7. The highest BCUT2D eigenvalue weighted by Crippen LogP contribution is 2.40. The van der Waals surface area contributed by atoms with Gasteiger partial charge in [-0.25, -0.2) is 9.97 Å². The summed E-state index contributed by atoms with van der Waals surface area (Å²) in [6, 6.07) is 44.7. The lowest BCUT2D eigenvalue weighted by molar-refractivity contribution is 1.05. The number of aromatic nitrogens is 3. The summed E-state index contributed by atoms with van der Waals surface area (Å²) in [5.74, 6) is 1.58. The van der Waals surface area contributed by atoms with Crippen LogP contribution in [-0.2, 0) is 0 Å². The number of rotatable bonds is 3. The Morgan fingerprint density at radius 2 is 1.16 bits per heavy atom. The van der Waals surface area contributed by atoms with Crippen molar-refractivity contribution in [3.63, 3.8) is 0 Å². The molecular formula is C34H21N3S. The minimum atomic E-state index is 0.718. The Morgan fingerprint density at radius 3 is 1.97 bits per heavy atom. The second-order valence-corrected chi connectivity index (χ2v) is 10.6. The van der Waals surface area contributed by atoms with Gasteiger partial charge in [0.15, 0.2) is 5.82 Å². The fourth-order valence-corrected chi connectivity index (χ4v) is 6.58. The summed E-state index contributed by atoms with van der Waals surface area (Å²) in [6.07, 6.45) is 0. The zero-order valence-electron chi connectivity index (χ0n) is 20.4. The number of benzene rings is 5. The van der Waals surface area contributed by atoms with Crippen LogP contribution in [0.5, 0.6) is 0 Å². The van der Waals surface area contributed by atoms with Gasteiger partial charge >= 0.3 is 0 Å². The Bertz CT molecular complexity index is 2070. The van der Waals surface area contributed by atoms with E-state index in [-0.39, 0.29) is 0 Å². The van der Waals surface area contributed by atoms with Crippen molar-refractivity contribution in [2.45, 2.75) is 0 Å². The molecule has 8 rings (SSSR count). The first-order valence-corrected chi connectivity index (χ1v) is 13.5. The molecule has 0 saturated carbocycles. The quantitative estimate of drug-likeness (QED) is 0.240. The predicted molar refractivity (Wildman–Crippen MR) is 160 cm³/mol. The van der Waals surface area contributed by atoms with E-state index < -0.39 is 0 Å². The van der Waals surface area contributed by atoms with Crippen LogP contribution in [0.3, 0.4) is 0 Å². The van der Waals surface area contributed by atoms with Gasteiger partial charge in [-0.1, -0.05) is 97.1 Å². The van der Waals surface area contributed by atoms with Crippen LogP contribution in [0.15, 0.2) is 127 Å². The van der Waals surface area contributed by atoms with Crippen LogP contribution in [0.4, 0.5) is 0 Å². The maximum absolute atomic E-state index is 5.15. The molecule has 3 aromatic heterocycles. The Kier molecular flexibility index (Phi) is 4.69. The van der Waals surface area contributed by atoms with Crippen molar-refractivity contribution < 1.29 is 0 Å². The minimum Gasteiger partial charge on any atom is -0.294 e. The van der Waals surface area contributed by atoms with E-state index in [0.29, 0.717) is 0 Å². The van der Waals surface area contributed by atoms with Gasteiger partial charge < -0.3 is 0 Å². The van der Waals surface area contributed by atoms with Crippen molar-refractivity contribution in [3.05, 3.63) is 127 Å². The molecule has 5 aromatic carbocycles. The molecule has 0 aliphatic carbocycles. The number of hydrogen-bond acceptors (Lipinski definition) is 3. The average Bonchev–Trinajstić information content (AvgIpc) is 3.51.